The lowest BCUT2D eigenvalue weighted by atomic mass is 9.93. The zero-order valence-electron chi connectivity index (χ0n) is 11.4. The highest BCUT2D eigenvalue weighted by atomic mass is 32.1. The third-order valence-corrected chi connectivity index (χ3v) is 5.27. The molecule has 6 heteroatoms. The van der Waals surface area contributed by atoms with E-state index in [9.17, 15) is 4.79 Å². The predicted octanol–water partition coefficient (Wildman–Crippen LogP) is 3.00. The molecule has 4 nitrogen and oxygen atoms in total. The van der Waals surface area contributed by atoms with Crippen LogP contribution in [-0.4, -0.2) is 34.0 Å². The molecule has 3 heterocycles. The van der Waals surface area contributed by atoms with Crippen molar-refractivity contribution < 1.29 is 4.79 Å². The van der Waals surface area contributed by atoms with Gasteiger partial charge in [0, 0.05) is 12.5 Å². The maximum Gasteiger partial charge on any atom is 0.177 e. The van der Waals surface area contributed by atoms with Gasteiger partial charge in [0.2, 0.25) is 0 Å². The number of carbonyl (C=O) groups excluding carboxylic acids is 1. The number of aryl methyl sites for hydroxylation is 1. The van der Waals surface area contributed by atoms with Gasteiger partial charge in [-0.2, -0.15) is 0 Å². The molecule has 2 aromatic heterocycles. The smallest absolute Gasteiger partial charge is 0.177 e. The summed E-state index contributed by atoms with van der Waals surface area (Å²) in [5, 5.41) is 12.2. The highest BCUT2D eigenvalue weighted by molar-refractivity contribution is 7.12. The van der Waals surface area contributed by atoms with Gasteiger partial charge in [-0.1, -0.05) is 6.07 Å². The third kappa shape index (κ3) is 3.13. The first-order valence-corrected chi connectivity index (χ1v) is 8.51. The molecule has 0 aromatic carbocycles. The van der Waals surface area contributed by atoms with E-state index in [1.54, 1.807) is 22.7 Å². The van der Waals surface area contributed by atoms with E-state index < -0.39 is 0 Å². The second-order valence-corrected chi connectivity index (χ2v) is 7.34. The molecule has 0 spiro atoms. The molecule has 2 aromatic rings. The number of hydrogen-bond donors (Lipinski definition) is 0. The van der Waals surface area contributed by atoms with Crippen LogP contribution < -0.4 is 0 Å². The molecule has 1 saturated heterocycles. The van der Waals surface area contributed by atoms with E-state index in [0.717, 1.165) is 47.4 Å². The molecular weight excluding hydrogens is 290 g/mol. The average Bonchev–Trinajstić information content (AvgIpc) is 3.10. The van der Waals surface area contributed by atoms with Crippen LogP contribution in [0.1, 0.15) is 32.5 Å². The summed E-state index contributed by atoms with van der Waals surface area (Å²) in [5.41, 5.74) is 0. The molecular formula is C14H17N3OS2. The van der Waals surface area contributed by atoms with Crippen LogP contribution in [0.15, 0.2) is 17.5 Å². The van der Waals surface area contributed by atoms with E-state index >= 15 is 0 Å². The Morgan fingerprint density at radius 2 is 2.40 bits per heavy atom. The van der Waals surface area contributed by atoms with Gasteiger partial charge in [-0.25, -0.2) is 0 Å². The molecule has 1 aliphatic rings. The topological polar surface area (TPSA) is 46.1 Å². The normalized spacial score (nSPS) is 20.1. The van der Waals surface area contributed by atoms with Gasteiger partial charge < -0.3 is 0 Å². The highest BCUT2D eigenvalue weighted by Gasteiger charge is 2.27. The van der Waals surface area contributed by atoms with Crippen LogP contribution >= 0.6 is 22.7 Å². The minimum absolute atomic E-state index is 0.136. The monoisotopic (exact) mass is 307 g/mol. The van der Waals surface area contributed by atoms with Crippen LogP contribution in [0.2, 0.25) is 0 Å². The Morgan fingerprint density at radius 3 is 3.10 bits per heavy atom. The van der Waals surface area contributed by atoms with Gasteiger partial charge in [-0.15, -0.1) is 32.9 Å². The number of hydrogen-bond acceptors (Lipinski definition) is 6. The number of likely N-dealkylation sites (tertiary alicyclic amines) is 1. The van der Waals surface area contributed by atoms with E-state index in [1.807, 2.05) is 24.4 Å². The number of nitrogens with zero attached hydrogens (tertiary/aromatic N) is 3. The molecule has 1 fully saturated rings. The maximum absolute atomic E-state index is 12.4. The van der Waals surface area contributed by atoms with E-state index in [1.165, 1.54) is 0 Å². The van der Waals surface area contributed by atoms with Crippen LogP contribution in [0.3, 0.4) is 0 Å². The Kier molecular flexibility index (Phi) is 4.24. The molecule has 0 radical (unpaired) electrons. The number of aromatic nitrogens is 2. The van der Waals surface area contributed by atoms with E-state index in [4.69, 9.17) is 0 Å². The largest absolute Gasteiger partial charge is 0.296 e. The first-order valence-electron chi connectivity index (χ1n) is 6.81. The predicted molar refractivity (Wildman–Crippen MR) is 81.3 cm³/mol. The molecule has 20 heavy (non-hydrogen) atoms. The quantitative estimate of drug-likeness (QED) is 0.815. The highest BCUT2D eigenvalue weighted by Crippen LogP contribution is 2.24. The number of carbonyl (C=O) groups is 1. The molecule has 106 valence electrons. The lowest BCUT2D eigenvalue weighted by Crippen LogP contribution is -2.38. The molecule has 0 saturated carbocycles. The maximum atomic E-state index is 12.4. The molecule has 0 unspecified atom stereocenters. The Balaban J connectivity index is 1.63. The van der Waals surface area contributed by atoms with Gasteiger partial charge in [0.25, 0.3) is 0 Å². The van der Waals surface area contributed by atoms with Gasteiger partial charge >= 0.3 is 0 Å². The van der Waals surface area contributed by atoms with Gasteiger partial charge in [0.1, 0.15) is 10.0 Å². The van der Waals surface area contributed by atoms with Crippen LogP contribution in [0.25, 0.3) is 0 Å². The van der Waals surface area contributed by atoms with Crippen molar-refractivity contribution in [1.29, 1.82) is 0 Å². The molecule has 0 aliphatic carbocycles. The number of Topliss-reactive ketones (excluding diaryl/α,β-unsaturated/α-hetero) is 1. The zero-order valence-corrected chi connectivity index (χ0v) is 13.0. The SMILES string of the molecule is Cc1nnc(CN2CCC[C@H](C(=O)c3cccs3)C2)s1. The molecule has 0 N–H and O–H groups in total. The fourth-order valence-electron chi connectivity index (χ4n) is 2.63. The minimum Gasteiger partial charge on any atom is -0.296 e. The van der Waals surface area contributed by atoms with Crippen LogP contribution in [0, 0.1) is 12.8 Å². The summed E-state index contributed by atoms with van der Waals surface area (Å²) in [6, 6.07) is 3.88. The minimum atomic E-state index is 0.136. The van der Waals surface area contributed by atoms with Crippen molar-refractivity contribution >= 4 is 28.5 Å². The second kappa shape index (κ2) is 6.11. The summed E-state index contributed by atoms with van der Waals surface area (Å²) in [5.74, 6) is 0.439. The van der Waals surface area contributed by atoms with Crippen molar-refractivity contribution in [2.24, 2.45) is 5.92 Å². The van der Waals surface area contributed by atoms with Gasteiger partial charge in [-0.3, -0.25) is 9.69 Å². The molecule has 0 amide bonds. The van der Waals surface area contributed by atoms with Crippen molar-refractivity contribution in [3.63, 3.8) is 0 Å². The summed E-state index contributed by atoms with van der Waals surface area (Å²) < 4.78 is 0. The second-order valence-electron chi connectivity index (χ2n) is 5.13. The Morgan fingerprint density at radius 1 is 1.50 bits per heavy atom. The number of ketones is 1. The average molecular weight is 307 g/mol. The van der Waals surface area contributed by atoms with Crippen LogP contribution in [0.4, 0.5) is 0 Å². The first-order chi connectivity index (χ1) is 9.72. The Labute approximate surface area is 126 Å². The summed E-state index contributed by atoms with van der Waals surface area (Å²) in [7, 11) is 0. The van der Waals surface area contributed by atoms with Crippen LogP contribution in [0.5, 0.6) is 0 Å². The number of rotatable bonds is 4. The summed E-state index contributed by atoms with van der Waals surface area (Å²) in [6.07, 6.45) is 2.09. The molecule has 0 bridgehead atoms. The fraction of sp³-hybridized carbons (Fsp3) is 0.500. The number of piperidine rings is 1. The summed E-state index contributed by atoms with van der Waals surface area (Å²) >= 11 is 3.19. The van der Waals surface area contributed by atoms with Gasteiger partial charge in [0.15, 0.2) is 5.78 Å². The lowest BCUT2D eigenvalue weighted by Gasteiger charge is -2.30. The zero-order chi connectivity index (χ0) is 13.9. The lowest BCUT2D eigenvalue weighted by molar-refractivity contribution is 0.0815. The molecule has 3 rings (SSSR count). The van der Waals surface area contributed by atoms with Crippen molar-refractivity contribution in [3.8, 4) is 0 Å². The van der Waals surface area contributed by atoms with Crippen LogP contribution in [-0.2, 0) is 6.54 Å². The summed E-state index contributed by atoms with van der Waals surface area (Å²) in [4.78, 5) is 15.6. The summed E-state index contributed by atoms with van der Waals surface area (Å²) in [6.45, 7) is 4.68. The Bertz CT molecular complexity index is 579. The van der Waals surface area contributed by atoms with E-state index in [2.05, 4.69) is 15.1 Å². The van der Waals surface area contributed by atoms with Gasteiger partial charge in [-0.05, 0) is 37.8 Å². The van der Waals surface area contributed by atoms with E-state index in [-0.39, 0.29) is 5.92 Å². The molecule has 1 aliphatic heterocycles. The van der Waals surface area contributed by atoms with E-state index in [0.29, 0.717) is 5.78 Å². The van der Waals surface area contributed by atoms with Crippen molar-refractivity contribution in [1.82, 2.24) is 15.1 Å². The standard InChI is InChI=1S/C14H17N3OS2/c1-10-15-16-13(20-10)9-17-6-2-4-11(8-17)14(18)12-5-3-7-19-12/h3,5,7,11H,2,4,6,8-9H2,1H3/t11-/m0/s1. The van der Waals surface area contributed by atoms with Gasteiger partial charge in [0.05, 0.1) is 11.4 Å². The fourth-order valence-corrected chi connectivity index (χ4v) is 4.12. The van der Waals surface area contributed by atoms with Crippen molar-refractivity contribution in [2.75, 3.05) is 13.1 Å². The van der Waals surface area contributed by atoms with Crippen molar-refractivity contribution in [2.45, 2.75) is 26.3 Å². The first kappa shape index (κ1) is 13.9. The van der Waals surface area contributed by atoms with Crippen molar-refractivity contribution in [3.05, 3.63) is 32.4 Å². The Hall–Kier alpha value is -1.11. The third-order valence-electron chi connectivity index (χ3n) is 3.57. The molecule has 1 atom stereocenters. The number of thiophene rings is 1.